The highest BCUT2D eigenvalue weighted by molar-refractivity contribution is 7.92. The molecule has 0 saturated heterocycles. The standard InChI is InChI=1S/C11H19NO3S/c1-5-6-9(12)10(13)7-8-16(14,15)11(2,3)4/h1,9H,6-8,12H2,2-4H3. The van der Waals surface area contributed by atoms with Gasteiger partial charge in [-0.3, -0.25) is 4.79 Å². The summed E-state index contributed by atoms with van der Waals surface area (Å²) in [5, 5.41) is 0. The van der Waals surface area contributed by atoms with E-state index in [0.717, 1.165) is 0 Å². The highest BCUT2D eigenvalue weighted by Gasteiger charge is 2.29. The van der Waals surface area contributed by atoms with E-state index in [1.54, 1.807) is 20.8 Å². The molecular formula is C11H19NO3S. The van der Waals surface area contributed by atoms with Crippen LogP contribution in [0.4, 0.5) is 0 Å². The van der Waals surface area contributed by atoms with Crippen LogP contribution < -0.4 is 5.73 Å². The quantitative estimate of drug-likeness (QED) is 0.716. The van der Waals surface area contributed by atoms with Crippen molar-refractivity contribution in [1.29, 1.82) is 0 Å². The van der Waals surface area contributed by atoms with E-state index >= 15 is 0 Å². The van der Waals surface area contributed by atoms with Crippen molar-refractivity contribution in [2.45, 2.75) is 44.4 Å². The van der Waals surface area contributed by atoms with Gasteiger partial charge < -0.3 is 5.73 Å². The molecule has 0 saturated carbocycles. The number of carbonyl (C=O) groups excluding carboxylic acids is 1. The van der Waals surface area contributed by atoms with E-state index in [-0.39, 0.29) is 24.4 Å². The fraction of sp³-hybridized carbons (Fsp3) is 0.727. The van der Waals surface area contributed by atoms with Gasteiger partial charge in [0, 0.05) is 12.8 Å². The SMILES string of the molecule is C#CCC(N)C(=O)CCS(=O)(=O)C(C)(C)C. The van der Waals surface area contributed by atoms with Gasteiger partial charge in [-0.05, 0) is 20.8 Å². The lowest BCUT2D eigenvalue weighted by Crippen LogP contribution is -2.35. The van der Waals surface area contributed by atoms with Gasteiger partial charge in [-0.2, -0.15) is 0 Å². The van der Waals surface area contributed by atoms with Crippen molar-refractivity contribution >= 4 is 15.6 Å². The summed E-state index contributed by atoms with van der Waals surface area (Å²) in [6.45, 7) is 4.82. The van der Waals surface area contributed by atoms with E-state index in [1.165, 1.54) is 0 Å². The Morgan fingerprint density at radius 1 is 1.44 bits per heavy atom. The number of rotatable bonds is 5. The zero-order valence-corrected chi connectivity index (χ0v) is 10.8. The lowest BCUT2D eigenvalue weighted by Gasteiger charge is -2.19. The molecule has 0 amide bonds. The number of terminal acetylenes is 1. The molecule has 0 aliphatic rings. The minimum atomic E-state index is -3.27. The predicted octanol–water partition coefficient (Wildman–Crippen LogP) is 0.509. The van der Waals surface area contributed by atoms with E-state index < -0.39 is 20.6 Å². The van der Waals surface area contributed by atoms with E-state index in [0.29, 0.717) is 0 Å². The molecule has 0 fully saturated rings. The highest BCUT2D eigenvalue weighted by Crippen LogP contribution is 2.17. The molecule has 1 atom stereocenters. The number of nitrogens with two attached hydrogens (primary N) is 1. The van der Waals surface area contributed by atoms with Gasteiger partial charge in [-0.1, -0.05) is 0 Å². The smallest absolute Gasteiger partial charge is 0.155 e. The van der Waals surface area contributed by atoms with Crippen LogP contribution in [0.2, 0.25) is 0 Å². The molecule has 0 heterocycles. The molecular weight excluding hydrogens is 226 g/mol. The van der Waals surface area contributed by atoms with Crippen molar-refractivity contribution < 1.29 is 13.2 Å². The maximum Gasteiger partial charge on any atom is 0.155 e. The molecule has 16 heavy (non-hydrogen) atoms. The first-order chi connectivity index (χ1) is 7.12. The molecule has 0 rings (SSSR count). The Balaban J connectivity index is 4.39. The van der Waals surface area contributed by atoms with Crippen molar-refractivity contribution in [1.82, 2.24) is 0 Å². The predicted molar refractivity (Wildman–Crippen MR) is 64.6 cm³/mol. The van der Waals surface area contributed by atoms with Crippen LogP contribution in [0.15, 0.2) is 0 Å². The fourth-order valence-electron chi connectivity index (χ4n) is 0.967. The van der Waals surface area contributed by atoms with E-state index in [4.69, 9.17) is 12.2 Å². The molecule has 0 spiro atoms. The summed E-state index contributed by atoms with van der Waals surface area (Å²) in [5.74, 6) is 1.81. The molecule has 0 aromatic heterocycles. The summed E-state index contributed by atoms with van der Waals surface area (Å²) >= 11 is 0. The van der Waals surface area contributed by atoms with Crippen molar-refractivity contribution in [2.24, 2.45) is 5.73 Å². The number of sulfone groups is 1. The van der Waals surface area contributed by atoms with Crippen LogP contribution in [0.25, 0.3) is 0 Å². The fourth-order valence-corrected chi connectivity index (χ4v) is 2.05. The average molecular weight is 245 g/mol. The summed E-state index contributed by atoms with van der Waals surface area (Å²) in [4.78, 5) is 11.4. The summed E-state index contributed by atoms with van der Waals surface area (Å²) in [7, 11) is -3.27. The third-order valence-electron chi connectivity index (χ3n) is 2.30. The summed E-state index contributed by atoms with van der Waals surface area (Å²) in [5.41, 5.74) is 5.48. The maximum atomic E-state index is 11.7. The first-order valence-electron chi connectivity index (χ1n) is 5.06. The zero-order valence-electron chi connectivity index (χ0n) is 9.99. The van der Waals surface area contributed by atoms with Crippen molar-refractivity contribution in [3.8, 4) is 12.3 Å². The van der Waals surface area contributed by atoms with E-state index in [9.17, 15) is 13.2 Å². The van der Waals surface area contributed by atoms with Gasteiger partial charge in [0.05, 0.1) is 16.5 Å². The van der Waals surface area contributed by atoms with Crippen LogP contribution in [-0.2, 0) is 14.6 Å². The molecule has 92 valence electrons. The van der Waals surface area contributed by atoms with E-state index in [1.807, 2.05) is 0 Å². The minimum absolute atomic E-state index is 0.0670. The molecule has 0 aliphatic heterocycles. The Labute approximate surface area is 97.5 Å². The second kappa shape index (κ2) is 5.46. The Hall–Kier alpha value is -0.860. The maximum absolute atomic E-state index is 11.7. The Bertz CT molecular complexity index is 384. The molecule has 2 N–H and O–H groups in total. The summed E-state index contributed by atoms with van der Waals surface area (Å²) in [6, 6.07) is -0.750. The van der Waals surface area contributed by atoms with Crippen molar-refractivity contribution in [3.05, 3.63) is 0 Å². The largest absolute Gasteiger partial charge is 0.321 e. The minimum Gasteiger partial charge on any atom is -0.321 e. The molecule has 0 aliphatic carbocycles. The Morgan fingerprint density at radius 2 is 1.94 bits per heavy atom. The lowest BCUT2D eigenvalue weighted by atomic mass is 10.1. The topological polar surface area (TPSA) is 77.2 Å². The molecule has 5 heteroatoms. The van der Waals surface area contributed by atoms with Crippen LogP contribution in [0, 0.1) is 12.3 Å². The number of hydrogen-bond donors (Lipinski definition) is 1. The average Bonchev–Trinajstić information content (AvgIpc) is 2.12. The number of ketones is 1. The second-order valence-electron chi connectivity index (χ2n) is 4.66. The van der Waals surface area contributed by atoms with Crippen LogP contribution in [0.1, 0.15) is 33.6 Å². The van der Waals surface area contributed by atoms with Gasteiger partial charge in [0.25, 0.3) is 0 Å². The Morgan fingerprint density at radius 3 is 2.31 bits per heavy atom. The van der Waals surface area contributed by atoms with Crippen molar-refractivity contribution in [3.63, 3.8) is 0 Å². The third-order valence-corrected chi connectivity index (χ3v) is 4.91. The molecule has 0 radical (unpaired) electrons. The van der Waals surface area contributed by atoms with E-state index in [2.05, 4.69) is 5.92 Å². The van der Waals surface area contributed by atoms with Gasteiger partial charge in [0.2, 0.25) is 0 Å². The van der Waals surface area contributed by atoms with Gasteiger partial charge in [0.1, 0.15) is 0 Å². The van der Waals surface area contributed by atoms with Gasteiger partial charge >= 0.3 is 0 Å². The number of carbonyl (C=O) groups is 1. The number of hydrogen-bond acceptors (Lipinski definition) is 4. The van der Waals surface area contributed by atoms with Crippen LogP contribution in [0.3, 0.4) is 0 Å². The molecule has 0 aromatic rings. The lowest BCUT2D eigenvalue weighted by molar-refractivity contribution is -0.119. The van der Waals surface area contributed by atoms with Crippen molar-refractivity contribution in [2.75, 3.05) is 5.75 Å². The normalized spacial score (nSPS) is 14.2. The summed E-state index contributed by atoms with van der Waals surface area (Å²) in [6.07, 6.45) is 5.10. The van der Waals surface area contributed by atoms with Crippen LogP contribution in [-0.4, -0.2) is 30.7 Å². The summed E-state index contributed by atoms with van der Waals surface area (Å²) < 4.78 is 22.6. The molecule has 1 unspecified atom stereocenters. The zero-order chi connectivity index (χ0) is 13.0. The van der Waals surface area contributed by atoms with Crippen LogP contribution >= 0.6 is 0 Å². The van der Waals surface area contributed by atoms with Gasteiger partial charge in [-0.15, -0.1) is 12.3 Å². The Kier molecular flexibility index (Phi) is 5.17. The molecule has 0 aromatic carbocycles. The second-order valence-corrected chi connectivity index (χ2v) is 7.52. The van der Waals surface area contributed by atoms with Gasteiger partial charge in [-0.25, -0.2) is 8.42 Å². The third kappa shape index (κ3) is 4.33. The first-order valence-corrected chi connectivity index (χ1v) is 6.71. The monoisotopic (exact) mass is 245 g/mol. The number of Topliss-reactive ketones (excluding diaryl/α,β-unsaturated/α-hetero) is 1. The highest BCUT2D eigenvalue weighted by atomic mass is 32.2. The first kappa shape index (κ1) is 15.1. The molecule has 4 nitrogen and oxygen atoms in total. The molecule has 0 bridgehead atoms. The van der Waals surface area contributed by atoms with Gasteiger partial charge in [0.15, 0.2) is 15.6 Å². The van der Waals surface area contributed by atoms with Crippen LogP contribution in [0.5, 0.6) is 0 Å².